The van der Waals surface area contributed by atoms with Crippen LogP contribution in [0, 0.1) is 0 Å². The fraction of sp³-hybridized carbons (Fsp3) is 0.367. The van der Waals surface area contributed by atoms with Gasteiger partial charge in [-0.05, 0) is 75.6 Å². The predicted molar refractivity (Wildman–Crippen MR) is 149 cm³/mol. The molecule has 0 spiro atoms. The fourth-order valence-corrected chi connectivity index (χ4v) is 4.31. The second-order valence-corrected chi connectivity index (χ2v) is 8.81. The predicted octanol–water partition coefficient (Wildman–Crippen LogP) is 5.62. The molecule has 206 valence electrons. The molecule has 0 fully saturated rings. The van der Waals surface area contributed by atoms with E-state index in [0.29, 0.717) is 24.1 Å². The van der Waals surface area contributed by atoms with E-state index in [9.17, 15) is 19.2 Å². The highest BCUT2D eigenvalue weighted by molar-refractivity contribution is 6.46. The van der Waals surface area contributed by atoms with Gasteiger partial charge in [0, 0.05) is 40.8 Å². The average molecular weight is 535 g/mol. The van der Waals surface area contributed by atoms with Crippen LogP contribution in [0.1, 0.15) is 69.8 Å². The zero-order chi connectivity index (χ0) is 28.5. The smallest absolute Gasteiger partial charge is 0.345 e. The monoisotopic (exact) mass is 534 g/mol. The zero-order valence-corrected chi connectivity index (χ0v) is 23.0. The van der Waals surface area contributed by atoms with Gasteiger partial charge in [0.1, 0.15) is 11.3 Å². The summed E-state index contributed by atoms with van der Waals surface area (Å²) in [4.78, 5) is 54.4. The van der Waals surface area contributed by atoms with E-state index in [2.05, 4.69) is 9.72 Å². The molecule has 0 amide bonds. The van der Waals surface area contributed by atoms with Gasteiger partial charge in [0.05, 0.1) is 13.2 Å². The number of esters is 2. The number of carbonyl (C=O) groups is 4. The number of aryl methyl sites for hydroxylation is 1. The van der Waals surface area contributed by atoms with E-state index in [-0.39, 0.29) is 30.3 Å². The molecular weight excluding hydrogens is 500 g/mol. The van der Waals surface area contributed by atoms with E-state index in [1.807, 2.05) is 38.1 Å². The Morgan fingerprint density at radius 2 is 1.49 bits per heavy atom. The highest BCUT2D eigenvalue weighted by atomic mass is 16.7. The van der Waals surface area contributed by atoms with E-state index in [0.717, 1.165) is 34.6 Å². The molecule has 0 aliphatic rings. The highest BCUT2D eigenvalue weighted by Gasteiger charge is 2.22. The Morgan fingerprint density at radius 3 is 2.05 bits per heavy atom. The SMILES string of the molecule is CCCCC(=NOC(C)=O)C(=O)c1ccc2c(c1)c1cc(C=C(C(=O)OCC)C(=O)OCC)ccc1n2CC. The van der Waals surface area contributed by atoms with Gasteiger partial charge in [0.25, 0.3) is 0 Å². The van der Waals surface area contributed by atoms with Crippen LogP contribution in [0.2, 0.25) is 0 Å². The maximum absolute atomic E-state index is 13.4. The van der Waals surface area contributed by atoms with Crippen LogP contribution in [0.5, 0.6) is 0 Å². The second-order valence-electron chi connectivity index (χ2n) is 8.81. The molecule has 1 heterocycles. The summed E-state index contributed by atoms with van der Waals surface area (Å²) in [5.74, 6) is -2.42. The largest absolute Gasteiger partial charge is 0.462 e. The number of Topliss-reactive ketones (excluding diaryl/α,β-unsaturated/α-hetero) is 1. The number of fused-ring (bicyclic) bond motifs is 3. The van der Waals surface area contributed by atoms with Crippen molar-refractivity contribution in [2.45, 2.75) is 60.4 Å². The fourth-order valence-electron chi connectivity index (χ4n) is 4.31. The van der Waals surface area contributed by atoms with Crippen LogP contribution in [-0.4, -0.2) is 47.2 Å². The number of oxime groups is 1. The first-order valence-electron chi connectivity index (χ1n) is 13.2. The molecule has 3 aromatic rings. The number of benzene rings is 2. The summed E-state index contributed by atoms with van der Waals surface area (Å²) in [6.45, 7) is 9.52. The Kier molecular flexibility index (Phi) is 10.1. The maximum Gasteiger partial charge on any atom is 0.345 e. The molecule has 1 aromatic heterocycles. The van der Waals surface area contributed by atoms with Gasteiger partial charge in [-0.3, -0.25) is 4.79 Å². The molecule has 0 aliphatic heterocycles. The number of unbranched alkanes of at least 4 members (excludes halogenated alkanes) is 1. The van der Waals surface area contributed by atoms with Gasteiger partial charge in [-0.25, -0.2) is 14.4 Å². The number of ketones is 1. The zero-order valence-electron chi connectivity index (χ0n) is 23.0. The molecule has 39 heavy (non-hydrogen) atoms. The summed E-state index contributed by atoms with van der Waals surface area (Å²) in [5.41, 5.74) is 2.86. The van der Waals surface area contributed by atoms with Crippen molar-refractivity contribution in [3.63, 3.8) is 0 Å². The third kappa shape index (κ3) is 6.79. The van der Waals surface area contributed by atoms with Crippen molar-refractivity contribution in [1.82, 2.24) is 4.57 Å². The molecule has 9 heteroatoms. The van der Waals surface area contributed by atoms with Crippen molar-refractivity contribution in [2.24, 2.45) is 5.16 Å². The molecule has 0 saturated heterocycles. The molecule has 2 aromatic carbocycles. The number of rotatable bonds is 12. The molecule has 0 bridgehead atoms. The number of ether oxygens (including phenoxy) is 2. The molecule has 0 saturated carbocycles. The number of hydrogen-bond donors (Lipinski definition) is 0. The van der Waals surface area contributed by atoms with E-state index in [4.69, 9.17) is 14.3 Å². The minimum Gasteiger partial charge on any atom is -0.462 e. The third-order valence-electron chi connectivity index (χ3n) is 6.08. The number of hydrogen-bond acceptors (Lipinski definition) is 8. The molecule has 0 unspecified atom stereocenters. The van der Waals surface area contributed by atoms with Crippen molar-refractivity contribution >= 4 is 57.3 Å². The van der Waals surface area contributed by atoms with Crippen LogP contribution in [0.4, 0.5) is 0 Å². The summed E-state index contributed by atoms with van der Waals surface area (Å²) in [7, 11) is 0. The lowest BCUT2D eigenvalue weighted by atomic mass is 10.00. The lowest BCUT2D eigenvalue weighted by Crippen LogP contribution is -2.18. The first-order chi connectivity index (χ1) is 18.7. The van der Waals surface area contributed by atoms with Crippen LogP contribution in [0.25, 0.3) is 27.9 Å². The van der Waals surface area contributed by atoms with Crippen molar-refractivity contribution < 1.29 is 33.5 Å². The molecule has 3 rings (SSSR count). The van der Waals surface area contributed by atoms with Crippen LogP contribution in [-0.2, 0) is 35.2 Å². The Morgan fingerprint density at radius 1 is 0.872 bits per heavy atom. The van der Waals surface area contributed by atoms with E-state index in [1.165, 1.54) is 13.0 Å². The molecular formula is C30H34N2O7. The van der Waals surface area contributed by atoms with Crippen molar-refractivity contribution in [3.05, 3.63) is 53.1 Å². The van der Waals surface area contributed by atoms with E-state index in [1.54, 1.807) is 26.0 Å². The van der Waals surface area contributed by atoms with Crippen molar-refractivity contribution in [2.75, 3.05) is 13.2 Å². The Labute approximate surface area is 227 Å². The van der Waals surface area contributed by atoms with Crippen LogP contribution in [0.15, 0.2) is 47.1 Å². The Balaban J connectivity index is 2.16. The van der Waals surface area contributed by atoms with E-state index >= 15 is 0 Å². The van der Waals surface area contributed by atoms with E-state index < -0.39 is 17.9 Å². The summed E-state index contributed by atoms with van der Waals surface area (Å²) in [5, 5.41) is 5.49. The summed E-state index contributed by atoms with van der Waals surface area (Å²) in [6, 6.07) is 11.0. The molecule has 9 nitrogen and oxygen atoms in total. The van der Waals surface area contributed by atoms with Gasteiger partial charge in [0.2, 0.25) is 5.78 Å². The summed E-state index contributed by atoms with van der Waals surface area (Å²) < 4.78 is 12.2. The van der Waals surface area contributed by atoms with Crippen molar-refractivity contribution in [3.8, 4) is 0 Å². The number of carbonyl (C=O) groups excluding carboxylic acids is 4. The van der Waals surface area contributed by atoms with Gasteiger partial charge < -0.3 is 18.9 Å². The number of nitrogens with zero attached hydrogens (tertiary/aromatic N) is 2. The van der Waals surface area contributed by atoms with Gasteiger partial charge in [-0.2, -0.15) is 0 Å². The highest BCUT2D eigenvalue weighted by Crippen LogP contribution is 2.31. The molecule has 0 atom stereocenters. The van der Waals surface area contributed by atoms with Gasteiger partial charge in [-0.1, -0.05) is 24.6 Å². The second kappa shape index (κ2) is 13.5. The van der Waals surface area contributed by atoms with Gasteiger partial charge in [0.15, 0.2) is 0 Å². The minimum atomic E-state index is -0.758. The Hall–Kier alpha value is -4.27. The normalized spacial score (nSPS) is 11.4. The summed E-state index contributed by atoms with van der Waals surface area (Å²) in [6.07, 6.45) is 3.42. The molecule has 0 radical (unpaired) electrons. The number of aromatic nitrogens is 1. The lowest BCUT2D eigenvalue weighted by Gasteiger charge is -2.07. The topological polar surface area (TPSA) is 113 Å². The third-order valence-corrected chi connectivity index (χ3v) is 6.08. The lowest BCUT2D eigenvalue weighted by molar-refractivity contribution is -0.146. The minimum absolute atomic E-state index is 0.121. The quantitative estimate of drug-likeness (QED) is 0.0433. The Bertz CT molecular complexity index is 1440. The van der Waals surface area contributed by atoms with Crippen molar-refractivity contribution in [1.29, 1.82) is 0 Å². The van der Waals surface area contributed by atoms with Gasteiger partial charge in [-0.15, -0.1) is 0 Å². The van der Waals surface area contributed by atoms with Crippen LogP contribution >= 0.6 is 0 Å². The molecule has 0 aliphatic carbocycles. The molecule has 0 N–H and O–H groups in total. The maximum atomic E-state index is 13.4. The van der Waals surface area contributed by atoms with Crippen LogP contribution < -0.4 is 0 Å². The standard InChI is InChI=1S/C30H34N2O7/c1-6-10-11-25(31-39-19(5)33)28(34)21-13-15-27-23(18-21)22-16-20(12-14-26(22)32(27)7-2)17-24(29(35)37-8-3)30(36)38-9-4/h12-18H,6-11H2,1-5H3. The van der Waals surface area contributed by atoms with Crippen LogP contribution in [0.3, 0.4) is 0 Å². The average Bonchev–Trinajstić information content (AvgIpc) is 3.23. The van der Waals surface area contributed by atoms with Gasteiger partial charge >= 0.3 is 17.9 Å². The first-order valence-corrected chi connectivity index (χ1v) is 13.2. The first kappa shape index (κ1) is 29.3. The summed E-state index contributed by atoms with van der Waals surface area (Å²) >= 11 is 0.